The number of likely N-dealkylation sites (tertiary alicyclic amines) is 1. The van der Waals surface area contributed by atoms with Crippen LogP contribution in [0.5, 0.6) is 0 Å². The van der Waals surface area contributed by atoms with Gasteiger partial charge in [0.25, 0.3) is 0 Å². The van der Waals surface area contributed by atoms with Gasteiger partial charge in [0.05, 0.1) is 13.0 Å². The Morgan fingerprint density at radius 3 is 2.88 bits per heavy atom. The van der Waals surface area contributed by atoms with Crippen LogP contribution in [0.15, 0.2) is 0 Å². The van der Waals surface area contributed by atoms with Crippen LogP contribution in [0.25, 0.3) is 0 Å². The molecule has 1 aliphatic heterocycles. The summed E-state index contributed by atoms with van der Waals surface area (Å²) in [5.41, 5.74) is 5.92. The van der Waals surface area contributed by atoms with E-state index >= 15 is 0 Å². The predicted octanol–water partition coefficient (Wildman–Crippen LogP) is 1.14. The van der Waals surface area contributed by atoms with E-state index in [0.29, 0.717) is 25.1 Å². The molecular formula is C12H24N2O2. The Morgan fingerprint density at radius 1 is 1.62 bits per heavy atom. The molecule has 0 spiro atoms. The van der Waals surface area contributed by atoms with Gasteiger partial charge in [-0.3, -0.25) is 9.69 Å². The van der Waals surface area contributed by atoms with Crippen LogP contribution in [0.3, 0.4) is 0 Å². The van der Waals surface area contributed by atoms with Gasteiger partial charge in [-0.25, -0.2) is 0 Å². The first kappa shape index (κ1) is 13.5. The van der Waals surface area contributed by atoms with Gasteiger partial charge in [-0.15, -0.1) is 0 Å². The molecular weight excluding hydrogens is 204 g/mol. The number of carbonyl (C=O) groups is 1. The molecule has 0 bridgehead atoms. The van der Waals surface area contributed by atoms with Crippen molar-refractivity contribution in [2.45, 2.75) is 58.2 Å². The minimum Gasteiger partial charge on any atom is -0.466 e. The van der Waals surface area contributed by atoms with E-state index in [4.69, 9.17) is 10.5 Å². The van der Waals surface area contributed by atoms with Gasteiger partial charge in [0.1, 0.15) is 0 Å². The van der Waals surface area contributed by atoms with Crippen LogP contribution < -0.4 is 5.73 Å². The average Bonchev–Trinajstić information content (AvgIpc) is 2.17. The van der Waals surface area contributed by atoms with E-state index < -0.39 is 0 Å². The Kier molecular flexibility index (Phi) is 5.22. The molecule has 1 heterocycles. The highest BCUT2D eigenvalue weighted by atomic mass is 16.5. The first-order chi connectivity index (χ1) is 7.54. The Morgan fingerprint density at radius 2 is 2.31 bits per heavy atom. The highest BCUT2D eigenvalue weighted by Gasteiger charge is 2.27. The molecule has 0 saturated carbocycles. The van der Waals surface area contributed by atoms with E-state index in [2.05, 4.69) is 18.7 Å². The molecule has 1 saturated heterocycles. The van der Waals surface area contributed by atoms with Crippen molar-refractivity contribution in [3.05, 3.63) is 0 Å². The molecule has 0 aliphatic carbocycles. The van der Waals surface area contributed by atoms with Crippen LogP contribution in [0.2, 0.25) is 0 Å². The quantitative estimate of drug-likeness (QED) is 0.733. The summed E-state index contributed by atoms with van der Waals surface area (Å²) in [4.78, 5) is 13.8. The van der Waals surface area contributed by atoms with E-state index in [1.54, 1.807) is 0 Å². The molecule has 0 radical (unpaired) electrons. The minimum absolute atomic E-state index is 0.0999. The molecule has 4 heteroatoms. The van der Waals surface area contributed by atoms with Gasteiger partial charge in [-0.1, -0.05) is 0 Å². The first-order valence-electron chi connectivity index (χ1n) is 6.21. The molecule has 1 rings (SSSR count). The lowest BCUT2D eigenvalue weighted by atomic mass is 9.97. The second kappa shape index (κ2) is 6.21. The number of esters is 1. The van der Waals surface area contributed by atoms with E-state index in [9.17, 15) is 4.79 Å². The predicted molar refractivity (Wildman–Crippen MR) is 64.1 cm³/mol. The fraction of sp³-hybridized carbons (Fsp3) is 0.917. The number of piperidine rings is 1. The summed E-state index contributed by atoms with van der Waals surface area (Å²) in [6.45, 7) is 7.56. The van der Waals surface area contributed by atoms with Gasteiger partial charge in [-0.05, 0) is 33.6 Å². The monoisotopic (exact) mass is 228 g/mol. The summed E-state index contributed by atoms with van der Waals surface area (Å²) in [6.07, 6.45) is 2.53. The highest BCUT2D eigenvalue weighted by molar-refractivity contribution is 5.70. The SMILES string of the molecule is CCOC(=O)CC(C)N1CCC(N)CC1C. The van der Waals surface area contributed by atoms with Crippen molar-refractivity contribution in [1.29, 1.82) is 0 Å². The summed E-state index contributed by atoms with van der Waals surface area (Å²) in [7, 11) is 0. The molecule has 94 valence electrons. The summed E-state index contributed by atoms with van der Waals surface area (Å²) in [6, 6.07) is 1.04. The van der Waals surface area contributed by atoms with Crippen molar-refractivity contribution in [2.75, 3.05) is 13.2 Å². The number of carbonyl (C=O) groups excluding carboxylic acids is 1. The molecule has 0 amide bonds. The summed E-state index contributed by atoms with van der Waals surface area (Å²) in [5, 5.41) is 0. The minimum atomic E-state index is -0.0999. The van der Waals surface area contributed by atoms with Gasteiger partial charge >= 0.3 is 5.97 Å². The highest BCUT2D eigenvalue weighted by Crippen LogP contribution is 2.20. The van der Waals surface area contributed by atoms with Crippen LogP contribution >= 0.6 is 0 Å². The van der Waals surface area contributed by atoms with Crippen molar-refractivity contribution < 1.29 is 9.53 Å². The third kappa shape index (κ3) is 3.76. The molecule has 1 aliphatic rings. The third-order valence-corrected chi connectivity index (χ3v) is 3.30. The zero-order valence-corrected chi connectivity index (χ0v) is 10.6. The van der Waals surface area contributed by atoms with Gasteiger partial charge in [0.15, 0.2) is 0 Å². The maximum Gasteiger partial charge on any atom is 0.307 e. The molecule has 16 heavy (non-hydrogen) atoms. The number of rotatable bonds is 4. The van der Waals surface area contributed by atoms with Crippen molar-refractivity contribution in [2.24, 2.45) is 5.73 Å². The van der Waals surface area contributed by atoms with E-state index in [1.165, 1.54) is 0 Å². The normalized spacial score (nSPS) is 28.8. The van der Waals surface area contributed by atoms with Gasteiger partial charge in [-0.2, -0.15) is 0 Å². The summed E-state index contributed by atoms with van der Waals surface area (Å²) < 4.78 is 4.97. The number of nitrogens with zero attached hydrogens (tertiary/aromatic N) is 1. The third-order valence-electron chi connectivity index (χ3n) is 3.30. The topological polar surface area (TPSA) is 55.6 Å². The van der Waals surface area contributed by atoms with Crippen molar-refractivity contribution in [1.82, 2.24) is 4.90 Å². The van der Waals surface area contributed by atoms with E-state index in [0.717, 1.165) is 19.4 Å². The maximum atomic E-state index is 11.4. The van der Waals surface area contributed by atoms with Crippen LogP contribution in [0.4, 0.5) is 0 Å². The van der Waals surface area contributed by atoms with Crippen LogP contribution in [-0.2, 0) is 9.53 Å². The second-order valence-corrected chi connectivity index (χ2v) is 4.73. The lowest BCUT2D eigenvalue weighted by Crippen LogP contribution is -2.49. The number of hydrogen-bond donors (Lipinski definition) is 1. The number of ether oxygens (including phenoxy) is 1. The van der Waals surface area contributed by atoms with E-state index in [1.807, 2.05) is 6.92 Å². The zero-order valence-electron chi connectivity index (χ0n) is 10.6. The molecule has 3 atom stereocenters. The Bertz CT molecular complexity index is 233. The van der Waals surface area contributed by atoms with E-state index in [-0.39, 0.29) is 12.0 Å². The lowest BCUT2D eigenvalue weighted by Gasteiger charge is -2.40. The molecule has 1 fully saturated rings. The van der Waals surface area contributed by atoms with Crippen LogP contribution in [0, 0.1) is 0 Å². The zero-order chi connectivity index (χ0) is 12.1. The Hall–Kier alpha value is -0.610. The standard InChI is InChI=1S/C12H24N2O2/c1-4-16-12(15)8-10(3)14-6-5-11(13)7-9(14)2/h9-11H,4-8,13H2,1-3H3. The maximum absolute atomic E-state index is 11.4. The van der Waals surface area contributed by atoms with Crippen LogP contribution in [-0.4, -0.2) is 42.1 Å². The average molecular weight is 228 g/mol. The first-order valence-corrected chi connectivity index (χ1v) is 6.21. The van der Waals surface area contributed by atoms with Gasteiger partial charge in [0, 0.05) is 24.7 Å². The lowest BCUT2D eigenvalue weighted by molar-refractivity contribution is -0.144. The van der Waals surface area contributed by atoms with Crippen LogP contribution in [0.1, 0.15) is 40.0 Å². The molecule has 0 aromatic carbocycles. The summed E-state index contributed by atoms with van der Waals surface area (Å²) in [5.74, 6) is -0.0999. The fourth-order valence-electron chi connectivity index (χ4n) is 2.46. The molecule has 3 unspecified atom stereocenters. The van der Waals surface area contributed by atoms with Crippen molar-refractivity contribution in [3.8, 4) is 0 Å². The fourth-order valence-corrected chi connectivity index (χ4v) is 2.46. The summed E-state index contributed by atoms with van der Waals surface area (Å²) >= 11 is 0. The second-order valence-electron chi connectivity index (χ2n) is 4.73. The van der Waals surface area contributed by atoms with Crippen molar-refractivity contribution >= 4 is 5.97 Å². The smallest absolute Gasteiger partial charge is 0.307 e. The van der Waals surface area contributed by atoms with Gasteiger partial charge in [0.2, 0.25) is 0 Å². The Balaban J connectivity index is 2.41. The largest absolute Gasteiger partial charge is 0.466 e. The molecule has 0 aromatic rings. The van der Waals surface area contributed by atoms with Crippen molar-refractivity contribution in [3.63, 3.8) is 0 Å². The number of nitrogens with two attached hydrogens (primary N) is 1. The molecule has 0 aromatic heterocycles. The molecule has 4 nitrogen and oxygen atoms in total. The number of hydrogen-bond acceptors (Lipinski definition) is 4. The molecule has 2 N–H and O–H groups in total. The Labute approximate surface area is 98.1 Å². The van der Waals surface area contributed by atoms with Gasteiger partial charge < -0.3 is 10.5 Å².